The largest absolute Gasteiger partial charge is 0.393 e. The van der Waals surface area contributed by atoms with Crippen LogP contribution < -0.4 is 0 Å². The van der Waals surface area contributed by atoms with Crippen molar-refractivity contribution in [1.82, 2.24) is 0 Å². The normalized spacial score (nSPS) is 41.7. The first-order chi connectivity index (χ1) is 14.0. The molecule has 1 heteroatoms. The lowest BCUT2D eigenvalue weighted by atomic mass is 9.52. The van der Waals surface area contributed by atoms with Gasteiger partial charge in [0.2, 0.25) is 0 Å². The molecular weight excluding hydrogens is 352 g/mol. The molecule has 0 aromatic rings. The predicted molar refractivity (Wildman–Crippen MR) is 126 cm³/mol. The molecule has 170 valence electrons. The summed E-state index contributed by atoms with van der Waals surface area (Å²) in [6.07, 6.45) is 20.8. The number of unbranched alkanes of at least 4 members (excludes halogenated alkanes) is 1. The van der Waals surface area contributed by atoms with E-state index in [0.717, 1.165) is 60.2 Å². The van der Waals surface area contributed by atoms with Crippen molar-refractivity contribution >= 4 is 0 Å². The van der Waals surface area contributed by atoms with Gasteiger partial charge in [0.25, 0.3) is 0 Å². The second-order valence-electron chi connectivity index (χ2n) is 11.7. The Morgan fingerprint density at radius 3 is 2.03 bits per heavy atom. The number of rotatable bonds is 9. The minimum absolute atomic E-state index is 0.00335. The number of fused-ring (bicyclic) bond motifs is 1. The molecule has 0 saturated heterocycles. The van der Waals surface area contributed by atoms with Crippen LogP contribution in [-0.4, -0.2) is 11.2 Å². The van der Waals surface area contributed by atoms with Crippen molar-refractivity contribution in [3.05, 3.63) is 0 Å². The van der Waals surface area contributed by atoms with Crippen molar-refractivity contribution < 1.29 is 5.11 Å². The Morgan fingerprint density at radius 1 is 0.793 bits per heavy atom. The third kappa shape index (κ3) is 6.24. The third-order valence-electron chi connectivity index (χ3n) is 9.82. The van der Waals surface area contributed by atoms with Crippen LogP contribution in [0.3, 0.4) is 0 Å². The van der Waals surface area contributed by atoms with Crippen molar-refractivity contribution in [2.45, 2.75) is 130 Å². The molecule has 5 unspecified atom stereocenters. The van der Waals surface area contributed by atoms with E-state index >= 15 is 0 Å². The van der Waals surface area contributed by atoms with Crippen molar-refractivity contribution in [1.29, 1.82) is 0 Å². The zero-order chi connectivity index (χ0) is 20.8. The van der Waals surface area contributed by atoms with E-state index in [1.54, 1.807) is 0 Å². The third-order valence-corrected chi connectivity index (χ3v) is 9.82. The molecule has 0 aliphatic heterocycles. The average molecular weight is 405 g/mol. The summed E-state index contributed by atoms with van der Waals surface area (Å²) in [6.45, 7) is 10.2. The smallest absolute Gasteiger partial charge is 0.0540 e. The molecule has 0 heterocycles. The summed E-state index contributed by atoms with van der Waals surface area (Å²) in [5, 5.41) is 9.74. The van der Waals surface area contributed by atoms with E-state index in [9.17, 15) is 5.11 Å². The van der Waals surface area contributed by atoms with Crippen LogP contribution in [0.4, 0.5) is 0 Å². The zero-order valence-electron chi connectivity index (χ0n) is 20.2. The molecule has 0 amide bonds. The van der Waals surface area contributed by atoms with Crippen LogP contribution in [0.15, 0.2) is 0 Å². The van der Waals surface area contributed by atoms with E-state index in [2.05, 4.69) is 27.7 Å². The molecule has 3 aliphatic rings. The molecule has 3 aliphatic carbocycles. The Labute approximate surface area is 182 Å². The first kappa shape index (κ1) is 23.6. The summed E-state index contributed by atoms with van der Waals surface area (Å²) in [6, 6.07) is 0. The quantitative estimate of drug-likeness (QED) is 0.410. The minimum Gasteiger partial charge on any atom is -0.393 e. The maximum atomic E-state index is 9.74. The van der Waals surface area contributed by atoms with Crippen LogP contribution in [0.1, 0.15) is 124 Å². The standard InChI is InChI=1S/C28H52O/c1-5-6-12-27-21(3)25-13-7-8-14-26(25)22(4)28(27)19-20(2)10-9-11-23-15-17-24(29)18-16-23/h20-29H,5-19H2,1-4H3/t20-,21-,22?,23?,24?,25?,26?,27?,28?/m0/s1. The van der Waals surface area contributed by atoms with E-state index in [-0.39, 0.29) is 6.10 Å². The summed E-state index contributed by atoms with van der Waals surface area (Å²) in [7, 11) is 0. The van der Waals surface area contributed by atoms with E-state index < -0.39 is 0 Å². The molecule has 0 aromatic heterocycles. The monoisotopic (exact) mass is 404 g/mol. The molecule has 3 fully saturated rings. The van der Waals surface area contributed by atoms with Crippen molar-refractivity contribution in [3.8, 4) is 0 Å². The maximum absolute atomic E-state index is 9.74. The Morgan fingerprint density at radius 2 is 1.41 bits per heavy atom. The van der Waals surface area contributed by atoms with Crippen LogP contribution >= 0.6 is 0 Å². The molecule has 7 atom stereocenters. The first-order valence-electron chi connectivity index (χ1n) is 13.7. The first-order valence-corrected chi connectivity index (χ1v) is 13.7. The summed E-state index contributed by atoms with van der Waals surface area (Å²) in [5.41, 5.74) is 0. The molecule has 3 saturated carbocycles. The van der Waals surface area contributed by atoms with Crippen molar-refractivity contribution in [3.63, 3.8) is 0 Å². The van der Waals surface area contributed by atoms with Crippen LogP contribution in [0.25, 0.3) is 0 Å². The Bertz CT molecular complexity index is 451. The second-order valence-corrected chi connectivity index (χ2v) is 11.7. The summed E-state index contributed by atoms with van der Waals surface area (Å²) in [4.78, 5) is 0. The van der Waals surface area contributed by atoms with Gasteiger partial charge in [-0.25, -0.2) is 0 Å². The number of aliphatic hydroxyl groups is 1. The van der Waals surface area contributed by atoms with Gasteiger partial charge in [-0.15, -0.1) is 0 Å². The lowest BCUT2D eigenvalue weighted by molar-refractivity contribution is -0.0409. The number of hydrogen-bond donors (Lipinski definition) is 1. The van der Waals surface area contributed by atoms with Gasteiger partial charge in [-0.05, 0) is 98.7 Å². The van der Waals surface area contributed by atoms with Crippen LogP contribution in [0.5, 0.6) is 0 Å². The highest BCUT2D eigenvalue weighted by molar-refractivity contribution is 4.95. The van der Waals surface area contributed by atoms with Gasteiger partial charge < -0.3 is 5.11 Å². The van der Waals surface area contributed by atoms with Crippen LogP contribution in [0, 0.1) is 47.3 Å². The molecule has 0 spiro atoms. The fourth-order valence-corrected chi connectivity index (χ4v) is 7.99. The van der Waals surface area contributed by atoms with Gasteiger partial charge in [-0.3, -0.25) is 0 Å². The SMILES string of the molecule is CCCCC1C(C[C@@H](C)CCCC2CCC(O)CC2)C(C)C2CCCCC2[C@@H]1C. The molecule has 29 heavy (non-hydrogen) atoms. The summed E-state index contributed by atoms with van der Waals surface area (Å²) >= 11 is 0. The van der Waals surface area contributed by atoms with Gasteiger partial charge >= 0.3 is 0 Å². The number of aliphatic hydroxyl groups excluding tert-OH is 1. The maximum Gasteiger partial charge on any atom is 0.0540 e. The highest BCUT2D eigenvalue weighted by Crippen LogP contribution is 2.54. The van der Waals surface area contributed by atoms with E-state index in [0.29, 0.717) is 0 Å². The van der Waals surface area contributed by atoms with Gasteiger partial charge in [0.05, 0.1) is 6.10 Å². The van der Waals surface area contributed by atoms with Crippen molar-refractivity contribution in [2.24, 2.45) is 47.3 Å². The van der Waals surface area contributed by atoms with Gasteiger partial charge in [0, 0.05) is 0 Å². The lowest BCUT2D eigenvalue weighted by Gasteiger charge is -2.53. The predicted octanol–water partition coefficient (Wildman–Crippen LogP) is 8.25. The van der Waals surface area contributed by atoms with Crippen molar-refractivity contribution in [2.75, 3.05) is 0 Å². The molecule has 0 bridgehead atoms. The summed E-state index contributed by atoms with van der Waals surface area (Å²) < 4.78 is 0. The summed E-state index contributed by atoms with van der Waals surface area (Å²) in [5.74, 6) is 7.76. The van der Waals surface area contributed by atoms with Gasteiger partial charge in [-0.2, -0.15) is 0 Å². The molecule has 1 nitrogen and oxygen atoms in total. The van der Waals surface area contributed by atoms with Crippen LogP contribution in [-0.2, 0) is 0 Å². The van der Waals surface area contributed by atoms with Crippen LogP contribution in [0.2, 0.25) is 0 Å². The van der Waals surface area contributed by atoms with Gasteiger partial charge in [0.1, 0.15) is 0 Å². The molecule has 0 aromatic carbocycles. The Balaban J connectivity index is 1.52. The van der Waals surface area contributed by atoms with E-state index in [1.165, 1.54) is 83.5 Å². The van der Waals surface area contributed by atoms with E-state index in [4.69, 9.17) is 0 Å². The molecule has 3 rings (SSSR count). The highest BCUT2D eigenvalue weighted by atomic mass is 16.3. The fraction of sp³-hybridized carbons (Fsp3) is 1.00. The second kappa shape index (κ2) is 11.5. The lowest BCUT2D eigenvalue weighted by Crippen LogP contribution is -2.46. The van der Waals surface area contributed by atoms with Gasteiger partial charge in [-0.1, -0.05) is 72.6 Å². The fourth-order valence-electron chi connectivity index (χ4n) is 7.99. The molecular formula is C28H52O. The zero-order valence-corrected chi connectivity index (χ0v) is 20.2. The molecule has 1 N–H and O–H groups in total. The topological polar surface area (TPSA) is 20.2 Å². The highest BCUT2D eigenvalue weighted by Gasteiger charge is 2.46. The Hall–Kier alpha value is -0.0400. The molecule has 0 radical (unpaired) electrons. The number of hydrogen-bond acceptors (Lipinski definition) is 1. The average Bonchev–Trinajstić information content (AvgIpc) is 2.73. The Kier molecular flexibility index (Phi) is 9.40. The van der Waals surface area contributed by atoms with Gasteiger partial charge in [0.15, 0.2) is 0 Å². The van der Waals surface area contributed by atoms with E-state index in [1.807, 2.05) is 0 Å². The minimum atomic E-state index is 0.00335.